The predicted octanol–water partition coefficient (Wildman–Crippen LogP) is 3.14. The van der Waals surface area contributed by atoms with E-state index in [4.69, 9.17) is 0 Å². The van der Waals surface area contributed by atoms with E-state index in [9.17, 15) is 9.90 Å². The van der Waals surface area contributed by atoms with Gasteiger partial charge in [-0.2, -0.15) is 11.3 Å². The summed E-state index contributed by atoms with van der Waals surface area (Å²) in [5, 5.41) is 16.4. The number of thioether (sulfide) groups is 1. The lowest BCUT2D eigenvalue weighted by molar-refractivity contribution is -0.119. The minimum absolute atomic E-state index is 0.0399. The molecule has 0 aliphatic heterocycles. The minimum atomic E-state index is -0.623. The molecule has 0 spiro atoms. The minimum Gasteiger partial charge on any atom is -0.387 e. The van der Waals surface area contributed by atoms with E-state index in [0.717, 1.165) is 11.3 Å². The summed E-state index contributed by atoms with van der Waals surface area (Å²) in [6.45, 7) is 2.33. The van der Waals surface area contributed by atoms with Gasteiger partial charge in [0.2, 0.25) is 5.91 Å². The van der Waals surface area contributed by atoms with Gasteiger partial charge in [-0.1, -0.05) is 29.8 Å². The number of hydrogen-bond donors (Lipinski definition) is 2. The zero-order valence-electron chi connectivity index (χ0n) is 11.9. The first-order valence-electron chi connectivity index (χ1n) is 6.75. The molecule has 0 saturated carbocycles. The van der Waals surface area contributed by atoms with Crippen LogP contribution in [0, 0.1) is 6.92 Å². The van der Waals surface area contributed by atoms with Gasteiger partial charge in [0, 0.05) is 12.3 Å². The highest BCUT2D eigenvalue weighted by atomic mass is 32.2. The quantitative estimate of drug-likeness (QED) is 0.824. The third-order valence-corrected chi connectivity index (χ3v) is 4.71. The largest absolute Gasteiger partial charge is 0.387 e. The van der Waals surface area contributed by atoms with Crippen molar-refractivity contribution in [2.24, 2.45) is 0 Å². The van der Waals surface area contributed by atoms with Crippen molar-refractivity contribution in [3.05, 3.63) is 57.8 Å². The topological polar surface area (TPSA) is 49.3 Å². The van der Waals surface area contributed by atoms with Crippen molar-refractivity contribution in [3.63, 3.8) is 0 Å². The Kier molecular flexibility index (Phi) is 6.29. The summed E-state index contributed by atoms with van der Waals surface area (Å²) in [6, 6.07) is 10.2. The first-order valence-corrected chi connectivity index (χ1v) is 8.85. The summed E-state index contributed by atoms with van der Waals surface area (Å²) in [5.41, 5.74) is 3.32. The highest BCUT2D eigenvalue weighted by molar-refractivity contribution is 7.99. The molecule has 0 aliphatic rings. The first-order chi connectivity index (χ1) is 10.1. The van der Waals surface area contributed by atoms with Crippen molar-refractivity contribution < 1.29 is 9.90 Å². The van der Waals surface area contributed by atoms with Crippen LogP contribution in [0.3, 0.4) is 0 Å². The van der Waals surface area contributed by atoms with E-state index in [2.05, 4.69) is 30.4 Å². The number of hydrogen-bond acceptors (Lipinski definition) is 4. The number of benzene rings is 1. The molecule has 2 rings (SSSR count). The molecule has 0 aliphatic carbocycles. The Morgan fingerprint density at radius 3 is 3.00 bits per heavy atom. The van der Waals surface area contributed by atoms with Gasteiger partial charge in [-0.05, 0) is 34.9 Å². The van der Waals surface area contributed by atoms with Gasteiger partial charge in [0.1, 0.15) is 0 Å². The van der Waals surface area contributed by atoms with E-state index in [0.29, 0.717) is 5.75 Å². The maximum atomic E-state index is 11.7. The van der Waals surface area contributed by atoms with Crippen LogP contribution >= 0.6 is 23.1 Å². The fourth-order valence-corrected chi connectivity index (χ4v) is 3.42. The van der Waals surface area contributed by atoms with Crippen LogP contribution in [-0.2, 0) is 10.5 Å². The SMILES string of the molecule is Cc1cccc(CSCC(=O)NCC(O)c2ccsc2)c1. The van der Waals surface area contributed by atoms with Crippen molar-refractivity contribution in [1.82, 2.24) is 5.32 Å². The highest BCUT2D eigenvalue weighted by Gasteiger charge is 2.09. The van der Waals surface area contributed by atoms with Crippen LogP contribution in [0.5, 0.6) is 0 Å². The molecule has 2 aromatic rings. The van der Waals surface area contributed by atoms with Crippen molar-refractivity contribution in [2.45, 2.75) is 18.8 Å². The molecular formula is C16H19NO2S2. The summed E-state index contributed by atoms with van der Waals surface area (Å²) in [7, 11) is 0. The molecule has 21 heavy (non-hydrogen) atoms. The Bertz CT molecular complexity index is 569. The second kappa shape index (κ2) is 8.22. The molecule has 1 heterocycles. The number of rotatable bonds is 7. The average molecular weight is 321 g/mol. The number of nitrogens with one attached hydrogen (secondary N) is 1. The van der Waals surface area contributed by atoms with Crippen molar-refractivity contribution in [2.75, 3.05) is 12.3 Å². The van der Waals surface area contributed by atoms with Crippen LogP contribution < -0.4 is 5.32 Å². The van der Waals surface area contributed by atoms with E-state index in [1.165, 1.54) is 22.5 Å². The lowest BCUT2D eigenvalue weighted by atomic mass is 10.2. The Morgan fingerprint density at radius 2 is 2.29 bits per heavy atom. The molecule has 1 atom stereocenters. The molecule has 1 unspecified atom stereocenters. The molecule has 1 aromatic heterocycles. The van der Waals surface area contributed by atoms with Gasteiger partial charge in [-0.25, -0.2) is 0 Å². The summed E-state index contributed by atoms with van der Waals surface area (Å²) in [6.07, 6.45) is -0.623. The smallest absolute Gasteiger partial charge is 0.230 e. The van der Waals surface area contributed by atoms with Crippen molar-refractivity contribution in [1.29, 1.82) is 0 Å². The van der Waals surface area contributed by atoms with Crippen LogP contribution in [-0.4, -0.2) is 23.3 Å². The average Bonchev–Trinajstić information content (AvgIpc) is 2.99. The molecule has 5 heteroatoms. The highest BCUT2D eigenvalue weighted by Crippen LogP contribution is 2.16. The number of thiophene rings is 1. The molecule has 0 radical (unpaired) electrons. The molecule has 0 saturated heterocycles. The predicted molar refractivity (Wildman–Crippen MR) is 89.6 cm³/mol. The Hall–Kier alpha value is -1.30. The van der Waals surface area contributed by atoms with Gasteiger partial charge in [-0.3, -0.25) is 4.79 Å². The number of carbonyl (C=O) groups is 1. The number of carbonyl (C=O) groups excluding carboxylic acids is 1. The Labute approximate surface area is 133 Å². The molecule has 1 aromatic carbocycles. The zero-order chi connectivity index (χ0) is 15.1. The van der Waals surface area contributed by atoms with Gasteiger partial charge in [0.25, 0.3) is 0 Å². The van der Waals surface area contributed by atoms with Gasteiger partial charge in [0.05, 0.1) is 11.9 Å². The number of amides is 1. The van der Waals surface area contributed by atoms with E-state index in [1.807, 2.05) is 22.9 Å². The van der Waals surface area contributed by atoms with Crippen LogP contribution in [0.1, 0.15) is 22.8 Å². The van der Waals surface area contributed by atoms with E-state index >= 15 is 0 Å². The van der Waals surface area contributed by atoms with Crippen LogP contribution in [0.25, 0.3) is 0 Å². The summed E-state index contributed by atoms with van der Waals surface area (Å²) >= 11 is 3.12. The molecule has 2 N–H and O–H groups in total. The van der Waals surface area contributed by atoms with Gasteiger partial charge in [-0.15, -0.1) is 11.8 Å². The Morgan fingerprint density at radius 1 is 1.43 bits per heavy atom. The maximum absolute atomic E-state index is 11.7. The molecule has 0 fully saturated rings. The first kappa shape index (κ1) is 16.1. The number of aliphatic hydroxyl groups is 1. The van der Waals surface area contributed by atoms with Crippen molar-refractivity contribution >= 4 is 29.0 Å². The van der Waals surface area contributed by atoms with Gasteiger partial charge in [0.15, 0.2) is 0 Å². The normalized spacial score (nSPS) is 12.1. The fourth-order valence-electron chi connectivity index (χ4n) is 1.91. The summed E-state index contributed by atoms with van der Waals surface area (Å²) < 4.78 is 0. The molecular weight excluding hydrogens is 302 g/mol. The monoisotopic (exact) mass is 321 g/mol. The van der Waals surface area contributed by atoms with E-state index < -0.39 is 6.10 Å². The third-order valence-electron chi connectivity index (χ3n) is 3.00. The molecule has 3 nitrogen and oxygen atoms in total. The third kappa shape index (κ3) is 5.53. The van der Waals surface area contributed by atoms with Crippen LogP contribution in [0.4, 0.5) is 0 Å². The fraction of sp³-hybridized carbons (Fsp3) is 0.312. The summed E-state index contributed by atoms with van der Waals surface area (Å²) in [4.78, 5) is 11.7. The standard InChI is InChI=1S/C16H19NO2S2/c1-12-3-2-4-13(7-12)9-21-11-16(19)17-8-15(18)14-5-6-20-10-14/h2-7,10,15,18H,8-9,11H2,1H3,(H,17,19). The number of aliphatic hydroxyl groups excluding tert-OH is 1. The second-order valence-corrected chi connectivity index (χ2v) is 6.62. The molecule has 112 valence electrons. The van der Waals surface area contributed by atoms with E-state index in [-0.39, 0.29) is 12.5 Å². The maximum Gasteiger partial charge on any atom is 0.230 e. The molecule has 1 amide bonds. The lowest BCUT2D eigenvalue weighted by Gasteiger charge is -2.10. The Balaban J connectivity index is 1.66. The number of aryl methyl sites for hydroxylation is 1. The van der Waals surface area contributed by atoms with Crippen molar-refractivity contribution in [3.8, 4) is 0 Å². The van der Waals surface area contributed by atoms with Gasteiger partial charge >= 0.3 is 0 Å². The molecule has 0 bridgehead atoms. The van der Waals surface area contributed by atoms with Gasteiger partial charge < -0.3 is 10.4 Å². The second-order valence-electron chi connectivity index (χ2n) is 4.86. The zero-order valence-corrected chi connectivity index (χ0v) is 13.5. The van der Waals surface area contributed by atoms with Crippen LogP contribution in [0.15, 0.2) is 41.1 Å². The van der Waals surface area contributed by atoms with E-state index in [1.54, 1.807) is 11.8 Å². The van der Waals surface area contributed by atoms with Crippen LogP contribution in [0.2, 0.25) is 0 Å². The lowest BCUT2D eigenvalue weighted by Crippen LogP contribution is -2.29. The summed E-state index contributed by atoms with van der Waals surface area (Å²) in [5.74, 6) is 1.19.